The van der Waals surface area contributed by atoms with E-state index in [1.807, 2.05) is 42.2 Å². The largest absolute Gasteiger partial charge is 0.369 e. The van der Waals surface area contributed by atoms with E-state index in [1.165, 1.54) is 5.56 Å². The number of carbonyl (C=O) groups is 1. The molecule has 1 fully saturated rings. The van der Waals surface area contributed by atoms with E-state index in [9.17, 15) is 9.18 Å². The highest BCUT2D eigenvalue weighted by Crippen LogP contribution is 2.28. The second-order valence-electron chi connectivity index (χ2n) is 7.20. The maximum atomic E-state index is 14.2. The third-order valence-electron chi connectivity index (χ3n) is 5.49. The standard InChI is InChI=1S/C21H24FN3O/c1-15-6-7-20(18(22)14-15)24-11-9-17(10-12-24)25-13-8-16-4-2-3-5-19(16)23-21(25)26/h2-7,14,17H,8-13H2,1H3,(H,23,26). The van der Waals surface area contributed by atoms with Gasteiger partial charge in [0.1, 0.15) is 5.82 Å². The smallest absolute Gasteiger partial charge is 0.322 e. The fourth-order valence-corrected chi connectivity index (χ4v) is 4.02. The fraction of sp³-hybridized carbons (Fsp3) is 0.381. The van der Waals surface area contributed by atoms with Gasteiger partial charge in [-0.05, 0) is 55.5 Å². The minimum atomic E-state index is -0.161. The summed E-state index contributed by atoms with van der Waals surface area (Å²) in [4.78, 5) is 16.7. The predicted molar refractivity (Wildman–Crippen MR) is 102 cm³/mol. The van der Waals surface area contributed by atoms with Crippen molar-refractivity contribution < 1.29 is 9.18 Å². The van der Waals surface area contributed by atoms with E-state index in [-0.39, 0.29) is 17.9 Å². The molecule has 0 atom stereocenters. The predicted octanol–water partition coefficient (Wildman–Crippen LogP) is 4.19. The molecule has 1 saturated heterocycles. The van der Waals surface area contributed by atoms with Crippen LogP contribution in [-0.2, 0) is 6.42 Å². The van der Waals surface area contributed by atoms with Gasteiger partial charge in [0.05, 0.1) is 5.69 Å². The molecule has 2 heterocycles. The first kappa shape index (κ1) is 16.9. The summed E-state index contributed by atoms with van der Waals surface area (Å²) in [6.07, 6.45) is 2.58. The summed E-state index contributed by atoms with van der Waals surface area (Å²) in [7, 11) is 0. The first-order valence-corrected chi connectivity index (χ1v) is 9.28. The van der Waals surface area contributed by atoms with E-state index in [1.54, 1.807) is 6.07 Å². The maximum Gasteiger partial charge on any atom is 0.322 e. The third-order valence-corrected chi connectivity index (χ3v) is 5.49. The SMILES string of the molecule is Cc1ccc(N2CCC(N3CCc4ccccc4NC3=O)CC2)c(F)c1. The monoisotopic (exact) mass is 353 g/mol. The van der Waals surface area contributed by atoms with Gasteiger partial charge in [0.25, 0.3) is 0 Å². The Morgan fingerprint density at radius 3 is 2.62 bits per heavy atom. The number of urea groups is 1. The molecule has 4 rings (SSSR count). The van der Waals surface area contributed by atoms with Crippen LogP contribution in [0.3, 0.4) is 0 Å². The van der Waals surface area contributed by atoms with Gasteiger partial charge in [0.15, 0.2) is 0 Å². The molecule has 2 aliphatic heterocycles. The number of benzene rings is 2. The molecule has 136 valence electrons. The lowest BCUT2D eigenvalue weighted by Crippen LogP contribution is -2.49. The van der Waals surface area contributed by atoms with Crippen LogP contribution in [0.2, 0.25) is 0 Å². The molecule has 0 unspecified atom stereocenters. The fourth-order valence-electron chi connectivity index (χ4n) is 4.02. The molecule has 0 radical (unpaired) electrons. The summed E-state index contributed by atoms with van der Waals surface area (Å²) in [6.45, 7) is 4.16. The van der Waals surface area contributed by atoms with Crippen molar-refractivity contribution in [1.82, 2.24) is 4.90 Å². The Labute approximate surface area is 153 Å². The number of amides is 2. The van der Waals surface area contributed by atoms with Gasteiger partial charge in [-0.1, -0.05) is 24.3 Å². The van der Waals surface area contributed by atoms with Crippen LogP contribution in [-0.4, -0.2) is 36.6 Å². The number of rotatable bonds is 2. The van der Waals surface area contributed by atoms with Crippen molar-refractivity contribution in [1.29, 1.82) is 0 Å². The van der Waals surface area contributed by atoms with Gasteiger partial charge in [-0.3, -0.25) is 0 Å². The quantitative estimate of drug-likeness (QED) is 0.879. The van der Waals surface area contributed by atoms with Crippen molar-refractivity contribution >= 4 is 17.4 Å². The first-order chi connectivity index (χ1) is 12.6. The lowest BCUT2D eigenvalue weighted by Gasteiger charge is -2.39. The molecule has 0 saturated carbocycles. The molecule has 2 aliphatic rings. The zero-order valence-electron chi connectivity index (χ0n) is 15.0. The van der Waals surface area contributed by atoms with Gasteiger partial charge < -0.3 is 15.1 Å². The molecule has 0 bridgehead atoms. The Morgan fingerprint density at radius 1 is 1.08 bits per heavy atom. The summed E-state index contributed by atoms with van der Waals surface area (Å²) < 4.78 is 14.2. The maximum absolute atomic E-state index is 14.2. The summed E-state index contributed by atoms with van der Waals surface area (Å²) in [5.41, 5.74) is 3.70. The van der Waals surface area contributed by atoms with E-state index >= 15 is 0 Å². The van der Waals surface area contributed by atoms with Gasteiger partial charge in [0, 0.05) is 31.4 Å². The number of carbonyl (C=O) groups excluding carboxylic acids is 1. The topological polar surface area (TPSA) is 35.6 Å². The molecule has 0 aliphatic carbocycles. The van der Waals surface area contributed by atoms with Crippen LogP contribution in [0.5, 0.6) is 0 Å². The second-order valence-corrected chi connectivity index (χ2v) is 7.20. The van der Waals surface area contributed by atoms with Crippen molar-refractivity contribution in [3.63, 3.8) is 0 Å². The number of hydrogen-bond acceptors (Lipinski definition) is 2. The van der Waals surface area contributed by atoms with Crippen LogP contribution in [0.4, 0.5) is 20.6 Å². The first-order valence-electron chi connectivity index (χ1n) is 9.28. The molecular weight excluding hydrogens is 329 g/mol. The summed E-state index contributed by atoms with van der Waals surface area (Å²) >= 11 is 0. The molecule has 0 spiro atoms. The minimum absolute atomic E-state index is 0.0186. The van der Waals surface area contributed by atoms with E-state index in [2.05, 4.69) is 16.3 Å². The van der Waals surface area contributed by atoms with Gasteiger partial charge in [0.2, 0.25) is 0 Å². The second kappa shape index (κ2) is 6.98. The summed E-state index contributed by atoms with van der Waals surface area (Å²) in [5.74, 6) is -0.161. The number of piperidine rings is 1. The van der Waals surface area contributed by atoms with Gasteiger partial charge in [-0.15, -0.1) is 0 Å². The number of anilines is 2. The van der Waals surface area contributed by atoms with Crippen LogP contribution >= 0.6 is 0 Å². The number of hydrogen-bond donors (Lipinski definition) is 1. The average molecular weight is 353 g/mol. The molecule has 2 aromatic carbocycles. The lowest BCUT2D eigenvalue weighted by atomic mass is 10.0. The number of para-hydroxylation sites is 1. The van der Waals surface area contributed by atoms with Crippen LogP contribution in [0, 0.1) is 12.7 Å². The molecule has 4 nitrogen and oxygen atoms in total. The number of nitrogens with zero attached hydrogens (tertiary/aromatic N) is 2. The third kappa shape index (κ3) is 3.26. The van der Waals surface area contributed by atoms with Crippen molar-refractivity contribution in [2.45, 2.75) is 32.2 Å². The highest BCUT2D eigenvalue weighted by molar-refractivity contribution is 5.91. The highest BCUT2D eigenvalue weighted by Gasteiger charge is 2.30. The Hall–Kier alpha value is -2.56. The number of nitrogens with one attached hydrogen (secondary N) is 1. The van der Waals surface area contributed by atoms with Crippen molar-refractivity contribution in [3.05, 3.63) is 59.4 Å². The van der Waals surface area contributed by atoms with Crippen LogP contribution in [0.1, 0.15) is 24.0 Å². The van der Waals surface area contributed by atoms with Gasteiger partial charge in [-0.25, -0.2) is 9.18 Å². The van der Waals surface area contributed by atoms with Crippen molar-refractivity contribution in [2.24, 2.45) is 0 Å². The lowest BCUT2D eigenvalue weighted by molar-refractivity contribution is 0.177. The minimum Gasteiger partial charge on any atom is -0.369 e. The normalized spacial score (nSPS) is 18.3. The Morgan fingerprint density at radius 2 is 1.85 bits per heavy atom. The Balaban J connectivity index is 1.42. The molecule has 2 amide bonds. The molecule has 1 N–H and O–H groups in total. The average Bonchev–Trinajstić information content (AvgIpc) is 2.80. The van der Waals surface area contributed by atoms with E-state index in [4.69, 9.17) is 0 Å². The summed E-state index contributed by atoms with van der Waals surface area (Å²) in [5, 5.41) is 3.04. The van der Waals surface area contributed by atoms with Gasteiger partial charge >= 0.3 is 6.03 Å². The number of fused-ring (bicyclic) bond motifs is 1. The van der Waals surface area contributed by atoms with Crippen LogP contribution in [0.15, 0.2) is 42.5 Å². The zero-order chi connectivity index (χ0) is 18.1. The zero-order valence-corrected chi connectivity index (χ0v) is 15.0. The Kier molecular flexibility index (Phi) is 4.53. The Bertz CT molecular complexity index is 815. The number of halogens is 1. The van der Waals surface area contributed by atoms with E-state index < -0.39 is 0 Å². The van der Waals surface area contributed by atoms with Crippen LogP contribution in [0.25, 0.3) is 0 Å². The highest BCUT2D eigenvalue weighted by atomic mass is 19.1. The van der Waals surface area contributed by atoms with Gasteiger partial charge in [-0.2, -0.15) is 0 Å². The van der Waals surface area contributed by atoms with E-state index in [0.717, 1.165) is 50.1 Å². The van der Waals surface area contributed by atoms with Crippen molar-refractivity contribution in [3.8, 4) is 0 Å². The molecule has 2 aromatic rings. The molecule has 0 aromatic heterocycles. The van der Waals surface area contributed by atoms with E-state index in [0.29, 0.717) is 5.69 Å². The molecule has 26 heavy (non-hydrogen) atoms. The molecule has 5 heteroatoms. The number of aryl methyl sites for hydroxylation is 1. The van der Waals surface area contributed by atoms with Crippen LogP contribution < -0.4 is 10.2 Å². The van der Waals surface area contributed by atoms with Crippen molar-refractivity contribution in [2.75, 3.05) is 29.9 Å². The summed E-state index contributed by atoms with van der Waals surface area (Å²) in [6, 6.07) is 13.6. The molecular formula is C21H24FN3O.